The first-order valence-electron chi connectivity index (χ1n) is 5.24. The summed E-state index contributed by atoms with van der Waals surface area (Å²) in [5.74, 6) is -0.299. The fraction of sp³-hybridized carbons (Fsp3) is 0.250. The fourth-order valence-electron chi connectivity index (χ4n) is 1.78. The van der Waals surface area contributed by atoms with Crippen LogP contribution in [0.2, 0.25) is 0 Å². The lowest BCUT2D eigenvalue weighted by Crippen LogP contribution is -2.26. The number of likely N-dealkylation sites (N-methyl/N-ethyl adjacent to an activating group) is 1. The number of carboxylic acid groups (broad SMARTS) is 1. The van der Waals surface area contributed by atoms with Crippen LogP contribution in [0.25, 0.3) is 10.8 Å². The molecule has 17 heavy (non-hydrogen) atoms. The predicted octanol–water partition coefficient (Wildman–Crippen LogP) is 1.46. The summed E-state index contributed by atoms with van der Waals surface area (Å²) in [4.78, 5) is 12.3. The Morgan fingerprint density at radius 2 is 1.94 bits per heavy atom. The number of carboxylic acids is 1. The maximum Gasteiger partial charge on any atom is 0.323 e. The molecule has 0 bridgehead atoms. The molecule has 88 valence electrons. The first-order valence-corrected chi connectivity index (χ1v) is 5.24. The highest BCUT2D eigenvalue weighted by Gasteiger charge is 2.12. The minimum atomic E-state index is -0.890. The van der Waals surface area contributed by atoms with Crippen molar-refractivity contribution in [2.75, 3.05) is 18.5 Å². The van der Waals surface area contributed by atoms with E-state index in [4.69, 9.17) is 5.11 Å². The van der Waals surface area contributed by atoms with Gasteiger partial charge in [-0.05, 0) is 6.92 Å². The van der Waals surface area contributed by atoms with Crippen LogP contribution in [0, 0.1) is 6.92 Å². The second-order valence-electron chi connectivity index (χ2n) is 3.90. The van der Waals surface area contributed by atoms with E-state index >= 15 is 0 Å². The molecule has 0 aliphatic heterocycles. The minimum absolute atomic E-state index is 0.0955. The Morgan fingerprint density at radius 1 is 1.29 bits per heavy atom. The van der Waals surface area contributed by atoms with Gasteiger partial charge in [-0.1, -0.05) is 24.3 Å². The maximum absolute atomic E-state index is 10.7. The highest BCUT2D eigenvalue weighted by atomic mass is 16.4. The normalized spacial score (nSPS) is 10.5. The van der Waals surface area contributed by atoms with Crippen molar-refractivity contribution in [1.29, 1.82) is 0 Å². The highest BCUT2D eigenvalue weighted by Crippen LogP contribution is 2.24. The van der Waals surface area contributed by atoms with Gasteiger partial charge in [0.15, 0.2) is 5.82 Å². The Balaban J connectivity index is 2.55. The third-order valence-electron chi connectivity index (χ3n) is 2.59. The molecule has 0 saturated heterocycles. The van der Waals surface area contributed by atoms with Gasteiger partial charge in [0.2, 0.25) is 0 Å². The van der Waals surface area contributed by atoms with Gasteiger partial charge in [-0.15, -0.1) is 5.10 Å². The molecule has 0 aliphatic rings. The van der Waals surface area contributed by atoms with Crippen molar-refractivity contribution in [3.8, 4) is 0 Å². The molecular formula is C12H13N3O2. The predicted molar refractivity (Wildman–Crippen MR) is 65.2 cm³/mol. The lowest BCUT2D eigenvalue weighted by atomic mass is 10.1. The third kappa shape index (κ3) is 2.18. The standard InChI is InChI=1S/C12H13N3O2/c1-8-9-5-3-4-6-10(9)12(14-13-8)15(2)7-11(16)17/h3-6H,7H2,1-2H3,(H,16,17). The van der Waals surface area contributed by atoms with Crippen molar-refractivity contribution in [3.63, 3.8) is 0 Å². The van der Waals surface area contributed by atoms with Gasteiger partial charge in [-0.3, -0.25) is 4.79 Å². The van der Waals surface area contributed by atoms with Gasteiger partial charge in [0.05, 0.1) is 5.69 Å². The number of benzene rings is 1. The average molecular weight is 231 g/mol. The number of aliphatic carboxylic acids is 1. The molecule has 0 aliphatic carbocycles. The third-order valence-corrected chi connectivity index (χ3v) is 2.59. The monoisotopic (exact) mass is 231 g/mol. The van der Waals surface area contributed by atoms with Gasteiger partial charge in [-0.2, -0.15) is 5.10 Å². The Morgan fingerprint density at radius 3 is 2.59 bits per heavy atom. The molecule has 0 atom stereocenters. The number of aryl methyl sites for hydroxylation is 1. The molecule has 0 saturated carbocycles. The number of hydrogen-bond acceptors (Lipinski definition) is 4. The summed E-state index contributed by atoms with van der Waals surface area (Å²) < 4.78 is 0. The number of aromatic nitrogens is 2. The molecule has 5 heteroatoms. The van der Waals surface area contributed by atoms with Crippen LogP contribution in [-0.4, -0.2) is 34.9 Å². The first-order chi connectivity index (χ1) is 8.09. The second kappa shape index (κ2) is 4.37. The van der Waals surface area contributed by atoms with E-state index in [1.807, 2.05) is 31.2 Å². The summed E-state index contributed by atoms with van der Waals surface area (Å²) in [6, 6.07) is 7.71. The summed E-state index contributed by atoms with van der Waals surface area (Å²) in [6.07, 6.45) is 0. The molecule has 1 heterocycles. The van der Waals surface area contributed by atoms with Crippen LogP contribution in [0.5, 0.6) is 0 Å². The van der Waals surface area contributed by atoms with Crippen LogP contribution >= 0.6 is 0 Å². The second-order valence-corrected chi connectivity index (χ2v) is 3.90. The van der Waals surface area contributed by atoms with Crippen LogP contribution in [0.15, 0.2) is 24.3 Å². The van der Waals surface area contributed by atoms with Gasteiger partial charge in [0.1, 0.15) is 6.54 Å². The van der Waals surface area contributed by atoms with Crippen LogP contribution in [0.1, 0.15) is 5.69 Å². The summed E-state index contributed by atoms with van der Waals surface area (Å²) in [7, 11) is 1.69. The lowest BCUT2D eigenvalue weighted by molar-refractivity contribution is -0.135. The van der Waals surface area contributed by atoms with E-state index < -0.39 is 5.97 Å². The van der Waals surface area contributed by atoms with Gasteiger partial charge in [0, 0.05) is 17.8 Å². The van der Waals surface area contributed by atoms with E-state index in [0.717, 1.165) is 16.5 Å². The van der Waals surface area contributed by atoms with E-state index in [2.05, 4.69) is 10.2 Å². The summed E-state index contributed by atoms with van der Waals surface area (Å²) in [5, 5.41) is 18.8. The number of nitrogens with zero attached hydrogens (tertiary/aromatic N) is 3. The molecule has 5 nitrogen and oxygen atoms in total. The van der Waals surface area contributed by atoms with Crippen LogP contribution in [0.4, 0.5) is 5.82 Å². The maximum atomic E-state index is 10.7. The first kappa shape index (κ1) is 11.3. The van der Waals surface area contributed by atoms with Crippen molar-refractivity contribution in [1.82, 2.24) is 10.2 Å². The minimum Gasteiger partial charge on any atom is -0.480 e. The largest absolute Gasteiger partial charge is 0.480 e. The molecule has 1 aromatic heterocycles. The zero-order valence-corrected chi connectivity index (χ0v) is 9.71. The molecular weight excluding hydrogens is 218 g/mol. The van der Waals surface area contributed by atoms with Gasteiger partial charge in [0.25, 0.3) is 0 Å². The Hall–Kier alpha value is -2.17. The van der Waals surface area contributed by atoms with Crippen molar-refractivity contribution in [2.24, 2.45) is 0 Å². The zero-order valence-electron chi connectivity index (χ0n) is 9.71. The van der Waals surface area contributed by atoms with E-state index in [1.165, 1.54) is 0 Å². The van der Waals surface area contributed by atoms with Crippen molar-refractivity contribution >= 4 is 22.6 Å². The van der Waals surface area contributed by atoms with Crippen LogP contribution < -0.4 is 4.90 Å². The summed E-state index contributed by atoms with van der Waals surface area (Å²) in [5.41, 5.74) is 0.841. The molecule has 0 fully saturated rings. The van der Waals surface area contributed by atoms with Gasteiger partial charge in [-0.25, -0.2) is 0 Å². The Bertz CT molecular complexity index is 569. The van der Waals surface area contributed by atoms with Crippen molar-refractivity contribution < 1.29 is 9.90 Å². The quantitative estimate of drug-likeness (QED) is 0.866. The number of carbonyl (C=O) groups is 1. The molecule has 0 radical (unpaired) electrons. The fourth-order valence-corrected chi connectivity index (χ4v) is 1.78. The van der Waals surface area contributed by atoms with Gasteiger partial charge >= 0.3 is 5.97 Å². The highest BCUT2D eigenvalue weighted by molar-refractivity contribution is 5.94. The molecule has 0 unspecified atom stereocenters. The topological polar surface area (TPSA) is 66.3 Å². The molecule has 2 rings (SSSR count). The van der Waals surface area contributed by atoms with E-state index in [9.17, 15) is 4.79 Å². The number of fused-ring (bicyclic) bond motifs is 1. The lowest BCUT2D eigenvalue weighted by Gasteiger charge is -2.17. The van der Waals surface area contributed by atoms with Crippen molar-refractivity contribution in [2.45, 2.75) is 6.92 Å². The number of rotatable bonds is 3. The van der Waals surface area contributed by atoms with Crippen LogP contribution in [0.3, 0.4) is 0 Å². The van der Waals surface area contributed by atoms with E-state index in [1.54, 1.807) is 11.9 Å². The smallest absolute Gasteiger partial charge is 0.323 e. The zero-order chi connectivity index (χ0) is 12.4. The number of hydrogen-bond donors (Lipinski definition) is 1. The van der Waals surface area contributed by atoms with E-state index in [-0.39, 0.29) is 6.54 Å². The molecule has 0 amide bonds. The Labute approximate surface area is 98.7 Å². The molecule has 1 aromatic carbocycles. The van der Waals surface area contributed by atoms with Crippen molar-refractivity contribution in [3.05, 3.63) is 30.0 Å². The Kier molecular flexibility index (Phi) is 2.91. The average Bonchev–Trinajstić information content (AvgIpc) is 2.29. The summed E-state index contributed by atoms with van der Waals surface area (Å²) in [6.45, 7) is 1.79. The van der Waals surface area contributed by atoms with E-state index in [0.29, 0.717) is 5.82 Å². The SMILES string of the molecule is Cc1nnc(N(C)CC(=O)O)c2ccccc12. The number of anilines is 1. The molecule has 0 spiro atoms. The summed E-state index contributed by atoms with van der Waals surface area (Å²) >= 11 is 0. The van der Waals surface area contributed by atoms with Gasteiger partial charge < -0.3 is 10.0 Å². The molecule has 1 N–H and O–H groups in total. The van der Waals surface area contributed by atoms with Crippen LogP contribution in [-0.2, 0) is 4.79 Å². The molecule has 2 aromatic rings.